The van der Waals surface area contributed by atoms with Crippen molar-refractivity contribution in [1.82, 2.24) is 5.32 Å². The molecule has 17 heavy (non-hydrogen) atoms. The molecule has 0 heterocycles. The first-order valence-electron chi connectivity index (χ1n) is 5.72. The van der Waals surface area contributed by atoms with Crippen molar-refractivity contribution < 1.29 is 9.90 Å². The molecule has 0 aromatic heterocycles. The van der Waals surface area contributed by atoms with Crippen molar-refractivity contribution in [3.05, 3.63) is 34.9 Å². The molecule has 94 valence electrons. The lowest BCUT2D eigenvalue weighted by Crippen LogP contribution is -2.23. The molecule has 0 bridgehead atoms. The Bertz CT molecular complexity index is 364. The molecule has 0 saturated carbocycles. The molecule has 0 aliphatic rings. The van der Waals surface area contributed by atoms with Crippen molar-refractivity contribution in [2.75, 3.05) is 6.54 Å². The lowest BCUT2D eigenvalue weighted by Gasteiger charge is -2.15. The molecule has 1 rings (SSSR count). The zero-order valence-electron chi connectivity index (χ0n) is 10.1. The van der Waals surface area contributed by atoms with Crippen molar-refractivity contribution in [2.24, 2.45) is 5.92 Å². The summed E-state index contributed by atoms with van der Waals surface area (Å²) in [6.07, 6.45) is 0.632. The van der Waals surface area contributed by atoms with Gasteiger partial charge in [0, 0.05) is 11.1 Å². The average Bonchev–Trinajstić information content (AvgIpc) is 2.29. The van der Waals surface area contributed by atoms with Gasteiger partial charge in [0.1, 0.15) is 0 Å². The summed E-state index contributed by atoms with van der Waals surface area (Å²) >= 11 is 5.81. The normalized spacial score (nSPS) is 14.3. The van der Waals surface area contributed by atoms with Crippen LogP contribution >= 0.6 is 11.6 Å². The highest BCUT2D eigenvalue weighted by molar-refractivity contribution is 6.30. The lowest BCUT2D eigenvalue weighted by atomic mass is 10.1. The van der Waals surface area contributed by atoms with Crippen molar-refractivity contribution in [2.45, 2.75) is 26.3 Å². The third-order valence-electron chi connectivity index (χ3n) is 2.82. The van der Waals surface area contributed by atoms with Crippen LogP contribution in [0.4, 0.5) is 0 Å². The molecular weight excluding hydrogens is 238 g/mol. The quantitative estimate of drug-likeness (QED) is 0.821. The van der Waals surface area contributed by atoms with Gasteiger partial charge in [-0.25, -0.2) is 0 Å². The Balaban J connectivity index is 2.37. The van der Waals surface area contributed by atoms with Gasteiger partial charge in [-0.2, -0.15) is 0 Å². The molecule has 0 spiro atoms. The highest BCUT2D eigenvalue weighted by Crippen LogP contribution is 2.16. The summed E-state index contributed by atoms with van der Waals surface area (Å²) in [4.78, 5) is 10.6. The second-order valence-corrected chi connectivity index (χ2v) is 4.69. The van der Waals surface area contributed by atoms with Crippen LogP contribution in [-0.2, 0) is 4.79 Å². The summed E-state index contributed by atoms with van der Waals surface area (Å²) in [6, 6.07) is 7.86. The van der Waals surface area contributed by atoms with E-state index in [4.69, 9.17) is 16.7 Å². The van der Waals surface area contributed by atoms with Crippen molar-refractivity contribution in [3.63, 3.8) is 0 Å². The van der Waals surface area contributed by atoms with Crippen LogP contribution in [0.5, 0.6) is 0 Å². The Labute approximate surface area is 107 Å². The first-order valence-corrected chi connectivity index (χ1v) is 6.10. The van der Waals surface area contributed by atoms with Crippen LogP contribution in [0.3, 0.4) is 0 Å². The molecule has 1 aromatic rings. The molecule has 0 fully saturated rings. The minimum atomic E-state index is -0.744. The maximum Gasteiger partial charge on any atom is 0.306 e. The van der Waals surface area contributed by atoms with Gasteiger partial charge in [0.25, 0.3) is 0 Å². The number of carbonyl (C=O) groups is 1. The number of aliphatic carboxylic acids is 1. The van der Waals surface area contributed by atoms with E-state index < -0.39 is 5.97 Å². The molecule has 0 amide bonds. The average molecular weight is 256 g/mol. The molecule has 2 atom stereocenters. The Kier molecular flexibility index (Phi) is 5.45. The molecular formula is C13H18ClNO2. The van der Waals surface area contributed by atoms with Crippen LogP contribution in [0.25, 0.3) is 0 Å². The Morgan fingerprint density at radius 3 is 2.47 bits per heavy atom. The standard InChI is InChI=1S/C13H18ClNO2/c1-9(13(16)17)7-8-15-10(2)11-3-5-12(14)6-4-11/h3-6,9-10,15H,7-8H2,1-2H3,(H,16,17)/t9?,10-/m1/s1. The van der Waals surface area contributed by atoms with Crippen LogP contribution < -0.4 is 5.32 Å². The third kappa shape index (κ3) is 4.75. The van der Waals surface area contributed by atoms with Crippen LogP contribution in [0, 0.1) is 5.92 Å². The third-order valence-corrected chi connectivity index (χ3v) is 3.07. The minimum absolute atomic E-state index is 0.202. The molecule has 0 radical (unpaired) electrons. The fourth-order valence-corrected chi connectivity index (χ4v) is 1.64. The molecule has 0 aliphatic carbocycles. The van der Waals surface area contributed by atoms with Gasteiger partial charge in [0.05, 0.1) is 5.92 Å². The van der Waals surface area contributed by atoms with Gasteiger partial charge in [-0.3, -0.25) is 4.79 Å². The second kappa shape index (κ2) is 6.62. The highest BCUT2D eigenvalue weighted by Gasteiger charge is 2.11. The maximum atomic E-state index is 10.6. The fourth-order valence-electron chi connectivity index (χ4n) is 1.51. The number of hydrogen-bond donors (Lipinski definition) is 2. The van der Waals surface area contributed by atoms with E-state index in [2.05, 4.69) is 12.2 Å². The molecule has 0 saturated heterocycles. The van der Waals surface area contributed by atoms with Gasteiger partial charge in [-0.05, 0) is 37.6 Å². The molecule has 2 N–H and O–H groups in total. The van der Waals surface area contributed by atoms with Crippen LogP contribution in [0.2, 0.25) is 5.02 Å². The molecule has 1 unspecified atom stereocenters. The number of rotatable bonds is 6. The van der Waals surface area contributed by atoms with E-state index in [1.165, 1.54) is 0 Å². The number of carboxylic acids is 1. The molecule has 3 nitrogen and oxygen atoms in total. The highest BCUT2D eigenvalue weighted by atomic mass is 35.5. The Morgan fingerprint density at radius 2 is 1.94 bits per heavy atom. The Morgan fingerprint density at radius 1 is 1.35 bits per heavy atom. The maximum absolute atomic E-state index is 10.6. The van der Waals surface area contributed by atoms with Crippen molar-refractivity contribution in [1.29, 1.82) is 0 Å². The van der Waals surface area contributed by atoms with Gasteiger partial charge < -0.3 is 10.4 Å². The van der Waals surface area contributed by atoms with Gasteiger partial charge in [-0.1, -0.05) is 30.7 Å². The van der Waals surface area contributed by atoms with E-state index in [-0.39, 0.29) is 12.0 Å². The fraction of sp³-hybridized carbons (Fsp3) is 0.462. The molecule has 0 aliphatic heterocycles. The summed E-state index contributed by atoms with van der Waals surface area (Å²) in [5.74, 6) is -1.05. The SMILES string of the molecule is CC(CCN[C@H](C)c1ccc(Cl)cc1)C(=O)O. The van der Waals surface area contributed by atoms with E-state index in [9.17, 15) is 4.79 Å². The van der Waals surface area contributed by atoms with E-state index in [0.29, 0.717) is 13.0 Å². The largest absolute Gasteiger partial charge is 0.481 e. The first-order chi connectivity index (χ1) is 8.00. The number of nitrogens with one attached hydrogen (secondary N) is 1. The van der Waals surface area contributed by atoms with Crippen molar-refractivity contribution >= 4 is 17.6 Å². The predicted octanol–water partition coefficient (Wildman–Crippen LogP) is 3.10. The van der Waals surface area contributed by atoms with Crippen LogP contribution in [0.1, 0.15) is 31.9 Å². The summed E-state index contributed by atoms with van der Waals surface area (Å²) in [5.41, 5.74) is 1.15. The van der Waals surface area contributed by atoms with E-state index in [0.717, 1.165) is 10.6 Å². The summed E-state index contributed by atoms with van der Waals surface area (Å²) in [7, 11) is 0. The lowest BCUT2D eigenvalue weighted by molar-refractivity contribution is -0.141. The van der Waals surface area contributed by atoms with Gasteiger partial charge >= 0.3 is 5.97 Å². The summed E-state index contributed by atoms with van der Waals surface area (Å²) < 4.78 is 0. The number of hydrogen-bond acceptors (Lipinski definition) is 2. The Hall–Kier alpha value is -1.06. The topological polar surface area (TPSA) is 49.3 Å². The van der Waals surface area contributed by atoms with Crippen molar-refractivity contribution in [3.8, 4) is 0 Å². The smallest absolute Gasteiger partial charge is 0.306 e. The van der Waals surface area contributed by atoms with Crippen LogP contribution in [-0.4, -0.2) is 17.6 Å². The molecule has 4 heteroatoms. The monoisotopic (exact) mass is 255 g/mol. The number of benzene rings is 1. The summed E-state index contributed by atoms with van der Waals surface area (Å²) in [6.45, 7) is 4.46. The number of carboxylic acid groups (broad SMARTS) is 1. The van der Waals surface area contributed by atoms with Gasteiger partial charge in [0.2, 0.25) is 0 Å². The van der Waals surface area contributed by atoms with E-state index >= 15 is 0 Å². The predicted molar refractivity (Wildman–Crippen MR) is 69.3 cm³/mol. The first kappa shape index (κ1) is 14.0. The van der Waals surface area contributed by atoms with E-state index in [1.54, 1.807) is 6.92 Å². The van der Waals surface area contributed by atoms with E-state index in [1.807, 2.05) is 24.3 Å². The minimum Gasteiger partial charge on any atom is -0.481 e. The molecule has 1 aromatic carbocycles. The number of halogens is 1. The van der Waals surface area contributed by atoms with Crippen LogP contribution in [0.15, 0.2) is 24.3 Å². The summed E-state index contributed by atoms with van der Waals surface area (Å²) in [5, 5.41) is 12.8. The second-order valence-electron chi connectivity index (χ2n) is 4.26. The van der Waals surface area contributed by atoms with Gasteiger partial charge in [-0.15, -0.1) is 0 Å². The van der Waals surface area contributed by atoms with Gasteiger partial charge in [0.15, 0.2) is 0 Å². The zero-order chi connectivity index (χ0) is 12.8. The zero-order valence-corrected chi connectivity index (χ0v) is 10.9.